The van der Waals surface area contributed by atoms with Crippen LogP contribution in [0.3, 0.4) is 0 Å². The van der Waals surface area contributed by atoms with Crippen LogP contribution in [0.4, 0.5) is 0 Å². The Balaban J connectivity index is 1.39. The molecule has 1 N–H and O–H groups in total. The first-order valence-corrected chi connectivity index (χ1v) is 10.3. The monoisotopic (exact) mass is 367 g/mol. The maximum absolute atomic E-state index is 12.7. The third kappa shape index (κ3) is 2.75. The van der Waals surface area contributed by atoms with Crippen molar-refractivity contribution in [2.24, 2.45) is 5.92 Å². The number of carbonyl (C=O) groups excluding carboxylic acids is 1. The van der Waals surface area contributed by atoms with E-state index >= 15 is 0 Å². The van der Waals surface area contributed by atoms with Gasteiger partial charge in [-0.15, -0.1) is 0 Å². The number of aryl methyl sites for hydroxylation is 1. The van der Waals surface area contributed by atoms with Gasteiger partial charge in [-0.3, -0.25) is 4.79 Å². The summed E-state index contributed by atoms with van der Waals surface area (Å²) in [5.41, 5.74) is 7.86. The Labute approximate surface area is 166 Å². The molecule has 3 aliphatic rings. The zero-order chi connectivity index (χ0) is 19.1. The Morgan fingerprint density at radius 2 is 1.43 bits per heavy atom. The summed E-state index contributed by atoms with van der Waals surface area (Å²) in [4.78, 5) is 12.7. The van der Waals surface area contributed by atoms with Gasteiger partial charge >= 0.3 is 0 Å². The van der Waals surface area contributed by atoms with Crippen molar-refractivity contribution in [3.8, 4) is 0 Å². The maximum atomic E-state index is 12.7. The van der Waals surface area contributed by atoms with E-state index in [1.54, 1.807) is 0 Å². The van der Waals surface area contributed by atoms with Gasteiger partial charge in [-0.2, -0.15) is 0 Å². The highest BCUT2D eigenvalue weighted by molar-refractivity contribution is 5.94. The quantitative estimate of drug-likeness (QED) is 0.668. The molecule has 0 spiro atoms. The first-order valence-electron chi connectivity index (χ1n) is 10.3. The predicted octanol–water partition coefficient (Wildman–Crippen LogP) is 5.28. The van der Waals surface area contributed by atoms with Gasteiger partial charge in [-0.1, -0.05) is 67.6 Å². The molecule has 1 amide bonds. The number of nitrogens with one attached hydrogen (secondary N) is 1. The van der Waals surface area contributed by atoms with E-state index in [2.05, 4.69) is 60.8 Å². The minimum Gasteiger partial charge on any atom is -0.352 e. The van der Waals surface area contributed by atoms with Crippen molar-refractivity contribution in [3.63, 3.8) is 0 Å². The molecule has 0 saturated carbocycles. The van der Waals surface area contributed by atoms with Gasteiger partial charge in [-0.25, -0.2) is 0 Å². The first kappa shape index (κ1) is 17.2. The van der Waals surface area contributed by atoms with E-state index in [-0.39, 0.29) is 5.91 Å². The number of rotatable bonds is 4. The smallest absolute Gasteiger partial charge is 0.251 e. The second-order valence-corrected chi connectivity index (χ2v) is 8.04. The summed E-state index contributed by atoms with van der Waals surface area (Å²) in [6, 6.07) is 25.7. The fourth-order valence-electron chi connectivity index (χ4n) is 5.18. The Morgan fingerprint density at radius 1 is 0.857 bits per heavy atom. The van der Waals surface area contributed by atoms with Crippen molar-refractivity contribution in [3.05, 3.63) is 106 Å². The summed E-state index contributed by atoms with van der Waals surface area (Å²) >= 11 is 0. The summed E-state index contributed by atoms with van der Waals surface area (Å²) in [7, 11) is 0. The van der Waals surface area contributed by atoms with Crippen molar-refractivity contribution in [1.29, 1.82) is 0 Å². The van der Waals surface area contributed by atoms with Crippen LogP contribution in [0.5, 0.6) is 0 Å². The highest BCUT2D eigenvalue weighted by Crippen LogP contribution is 2.55. The molecule has 0 aromatic heterocycles. The van der Waals surface area contributed by atoms with Crippen molar-refractivity contribution in [2.45, 2.75) is 31.6 Å². The van der Waals surface area contributed by atoms with Crippen LogP contribution in [-0.2, 0) is 6.42 Å². The van der Waals surface area contributed by atoms with Crippen molar-refractivity contribution < 1.29 is 4.79 Å². The Morgan fingerprint density at radius 3 is 2.00 bits per heavy atom. The van der Waals surface area contributed by atoms with Gasteiger partial charge < -0.3 is 5.32 Å². The van der Waals surface area contributed by atoms with E-state index < -0.39 is 0 Å². The highest BCUT2D eigenvalue weighted by Gasteiger charge is 2.42. The van der Waals surface area contributed by atoms with Gasteiger partial charge in [0.15, 0.2) is 0 Å². The molecular weight excluding hydrogens is 342 g/mol. The van der Waals surface area contributed by atoms with Crippen LogP contribution in [0, 0.1) is 5.92 Å². The number of amides is 1. The van der Waals surface area contributed by atoms with Crippen molar-refractivity contribution >= 4 is 5.91 Å². The molecule has 6 rings (SSSR count). The molecular formula is C26H25NO. The van der Waals surface area contributed by atoms with E-state index in [0.29, 0.717) is 17.8 Å². The number of benzene rings is 3. The lowest BCUT2D eigenvalue weighted by Crippen LogP contribution is -2.39. The number of hydrogen-bond donors (Lipinski definition) is 1. The fourth-order valence-corrected chi connectivity index (χ4v) is 5.18. The minimum absolute atomic E-state index is 0.0330. The summed E-state index contributed by atoms with van der Waals surface area (Å²) < 4.78 is 0. The number of carbonyl (C=O) groups is 1. The summed E-state index contributed by atoms with van der Waals surface area (Å²) in [6.07, 6.45) is 2.10. The molecule has 0 radical (unpaired) electrons. The zero-order valence-electron chi connectivity index (χ0n) is 16.2. The minimum atomic E-state index is 0.0330. The van der Waals surface area contributed by atoms with Gasteiger partial charge in [0.2, 0.25) is 0 Å². The lowest BCUT2D eigenvalue weighted by atomic mass is 9.59. The van der Waals surface area contributed by atoms with Gasteiger partial charge in [0.25, 0.3) is 5.91 Å². The molecule has 1 unspecified atom stereocenters. The van der Waals surface area contributed by atoms with Crippen LogP contribution in [0.15, 0.2) is 72.8 Å². The number of hydrogen-bond acceptors (Lipinski definition) is 1. The average molecular weight is 367 g/mol. The van der Waals surface area contributed by atoms with Crippen LogP contribution >= 0.6 is 0 Å². The van der Waals surface area contributed by atoms with Crippen LogP contribution in [0.2, 0.25) is 0 Å². The Kier molecular flexibility index (Phi) is 4.27. The van der Waals surface area contributed by atoms with E-state index in [1.165, 1.54) is 27.8 Å². The molecule has 3 aliphatic carbocycles. The van der Waals surface area contributed by atoms with Crippen LogP contribution < -0.4 is 5.32 Å². The molecule has 3 aromatic rings. The molecule has 0 saturated heterocycles. The van der Waals surface area contributed by atoms with E-state index in [1.807, 2.05) is 24.3 Å². The van der Waals surface area contributed by atoms with Gasteiger partial charge in [-0.05, 0) is 58.7 Å². The van der Waals surface area contributed by atoms with Crippen LogP contribution in [0.25, 0.3) is 0 Å². The predicted molar refractivity (Wildman–Crippen MR) is 113 cm³/mol. The molecule has 3 aromatic carbocycles. The second kappa shape index (κ2) is 6.94. The van der Waals surface area contributed by atoms with Crippen molar-refractivity contribution in [2.75, 3.05) is 6.54 Å². The third-order valence-electron chi connectivity index (χ3n) is 6.57. The Hall–Kier alpha value is -2.87. The molecule has 2 heteroatoms. The van der Waals surface area contributed by atoms with E-state index in [9.17, 15) is 4.79 Å². The summed E-state index contributed by atoms with van der Waals surface area (Å²) in [5, 5.41) is 3.21. The first-order chi connectivity index (χ1) is 13.8. The molecule has 2 bridgehead atoms. The second-order valence-electron chi connectivity index (χ2n) is 8.04. The molecule has 1 atom stereocenters. The average Bonchev–Trinajstić information content (AvgIpc) is 2.77. The van der Waals surface area contributed by atoms with Crippen LogP contribution in [0.1, 0.15) is 63.4 Å². The third-order valence-corrected chi connectivity index (χ3v) is 6.57. The van der Waals surface area contributed by atoms with Gasteiger partial charge in [0.1, 0.15) is 0 Å². The topological polar surface area (TPSA) is 29.1 Å². The standard InChI is InChI=1S/C26H25NO/c1-2-17-11-13-18(14-12-17)26(28)27-16-19-15-24-20-7-3-5-9-22(20)25(19)23-10-6-4-8-21(23)24/h3-14,19,24-25H,2,15-16H2,1H3,(H,27,28). The molecule has 0 fully saturated rings. The molecule has 28 heavy (non-hydrogen) atoms. The Bertz CT molecular complexity index is 973. The maximum Gasteiger partial charge on any atom is 0.251 e. The zero-order valence-corrected chi connectivity index (χ0v) is 16.2. The SMILES string of the molecule is CCc1ccc(C(=O)NCC2CC3c4ccccc4C2c2ccccc23)cc1. The van der Waals surface area contributed by atoms with Gasteiger partial charge in [0.05, 0.1) is 0 Å². The highest BCUT2D eigenvalue weighted by atomic mass is 16.1. The largest absolute Gasteiger partial charge is 0.352 e. The molecule has 0 aliphatic heterocycles. The normalized spacial score (nSPS) is 21.7. The molecule has 2 nitrogen and oxygen atoms in total. The van der Waals surface area contributed by atoms with Crippen LogP contribution in [-0.4, -0.2) is 12.5 Å². The molecule has 140 valence electrons. The van der Waals surface area contributed by atoms with E-state index in [4.69, 9.17) is 0 Å². The lowest BCUT2D eigenvalue weighted by molar-refractivity contribution is 0.0943. The molecule has 0 heterocycles. The van der Waals surface area contributed by atoms with E-state index in [0.717, 1.165) is 24.9 Å². The van der Waals surface area contributed by atoms with Crippen molar-refractivity contribution in [1.82, 2.24) is 5.32 Å². The number of fused-ring (bicyclic) bond motifs is 1. The summed E-state index contributed by atoms with van der Waals surface area (Å²) in [5.74, 6) is 1.29. The fraction of sp³-hybridized carbons (Fsp3) is 0.269. The van der Waals surface area contributed by atoms with Gasteiger partial charge in [0, 0.05) is 23.9 Å². The summed E-state index contributed by atoms with van der Waals surface area (Å²) in [6.45, 7) is 2.85. The lowest BCUT2D eigenvalue weighted by Gasteiger charge is -2.45.